The van der Waals surface area contributed by atoms with Gasteiger partial charge in [-0.1, -0.05) is 6.07 Å². The van der Waals surface area contributed by atoms with E-state index >= 15 is 0 Å². The number of nitriles is 1. The molecule has 0 radical (unpaired) electrons. The topological polar surface area (TPSA) is 123 Å². The summed E-state index contributed by atoms with van der Waals surface area (Å²) in [5.41, 5.74) is 2.70. The Morgan fingerprint density at radius 3 is 2.48 bits per heavy atom. The Bertz CT molecular complexity index is 1160. The number of aryl methyl sites for hydroxylation is 2. The van der Waals surface area contributed by atoms with E-state index in [1.807, 2.05) is 6.07 Å². The molecule has 0 spiro atoms. The second-order valence-corrected chi connectivity index (χ2v) is 9.13. The van der Waals surface area contributed by atoms with Gasteiger partial charge in [0.1, 0.15) is 11.6 Å². The average molecular weight is 417 g/mol. The van der Waals surface area contributed by atoms with E-state index in [-0.39, 0.29) is 22.8 Å². The van der Waals surface area contributed by atoms with E-state index in [9.17, 15) is 18.0 Å². The van der Waals surface area contributed by atoms with E-state index in [0.717, 1.165) is 15.4 Å². The van der Waals surface area contributed by atoms with Gasteiger partial charge in [0.2, 0.25) is 15.9 Å². The lowest BCUT2D eigenvalue weighted by Crippen LogP contribution is -2.22. The molecule has 1 aromatic heterocycles. The highest BCUT2D eigenvalue weighted by Gasteiger charge is 2.19. The predicted molar refractivity (Wildman–Crippen MR) is 110 cm³/mol. The van der Waals surface area contributed by atoms with Crippen molar-refractivity contribution in [1.82, 2.24) is 9.29 Å². The summed E-state index contributed by atoms with van der Waals surface area (Å²) in [5.74, 6) is -0.295. The first-order valence-electron chi connectivity index (χ1n) is 8.94. The van der Waals surface area contributed by atoms with Crippen LogP contribution < -0.4 is 10.9 Å². The van der Waals surface area contributed by atoms with Crippen molar-refractivity contribution in [3.63, 3.8) is 0 Å². The number of nitrogens with zero attached hydrogens (tertiary/aromatic N) is 2. The van der Waals surface area contributed by atoms with Crippen molar-refractivity contribution in [1.29, 1.82) is 5.26 Å². The zero-order chi connectivity index (χ0) is 21.9. The number of nitrogens with one attached hydrogen (secondary N) is 2. The van der Waals surface area contributed by atoms with Crippen LogP contribution in [0.2, 0.25) is 0 Å². The molecule has 0 aliphatic heterocycles. The molecule has 154 valence electrons. The number of hydrogen-bond donors (Lipinski definition) is 2. The number of carbonyl (C=O) groups is 1. The number of aromatic nitrogens is 1. The van der Waals surface area contributed by atoms with Crippen molar-refractivity contribution in [2.75, 3.05) is 19.4 Å². The van der Waals surface area contributed by atoms with Crippen LogP contribution in [-0.4, -0.2) is 37.7 Å². The lowest BCUT2D eigenvalue weighted by Gasteiger charge is -2.15. The fourth-order valence-electron chi connectivity index (χ4n) is 2.98. The van der Waals surface area contributed by atoms with Gasteiger partial charge in [-0.05, 0) is 56.0 Å². The summed E-state index contributed by atoms with van der Waals surface area (Å²) in [4.78, 5) is 27.0. The molecular formula is C20H24N4O4S. The van der Waals surface area contributed by atoms with Gasteiger partial charge >= 0.3 is 0 Å². The first-order valence-corrected chi connectivity index (χ1v) is 10.4. The Morgan fingerprint density at radius 1 is 1.24 bits per heavy atom. The molecule has 0 bridgehead atoms. The number of hydrogen-bond acceptors (Lipinski definition) is 5. The number of carbonyl (C=O) groups excluding carboxylic acids is 1. The first-order chi connectivity index (χ1) is 13.5. The van der Waals surface area contributed by atoms with Crippen LogP contribution in [0.25, 0.3) is 0 Å². The van der Waals surface area contributed by atoms with Crippen LogP contribution >= 0.6 is 0 Å². The summed E-state index contributed by atoms with van der Waals surface area (Å²) < 4.78 is 25.7. The molecule has 1 amide bonds. The van der Waals surface area contributed by atoms with E-state index in [1.54, 1.807) is 26.8 Å². The van der Waals surface area contributed by atoms with E-state index in [4.69, 9.17) is 5.26 Å². The molecule has 0 aliphatic carbocycles. The maximum atomic E-state index is 12.5. The van der Waals surface area contributed by atoms with E-state index < -0.39 is 15.6 Å². The molecule has 0 aliphatic rings. The lowest BCUT2D eigenvalue weighted by atomic mass is 9.99. The fourth-order valence-corrected chi connectivity index (χ4v) is 3.91. The quantitative estimate of drug-likeness (QED) is 0.745. The number of amides is 1. The number of pyridine rings is 1. The van der Waals surface area contributed by atoms with E-state index in [1.165, 1.54) is 26.2 Å². The SMILES string of the molecule is Cc1ccc(S(=O)(=O)N(C)C)cc1NC(=O)CCc1c(C)[nH]c(=O)c(C#N)c1C. The molecule has 2 N–H and O–H groups in total. The molecule has 1 heterocycles. The highest BCUT2D eigenvalue weighted by molar-refractivity contribution is 7.89. The van der Waals surface area contributed by atoms with Crippen molar-refractivity contribution in [2.45, 2.75) is 38.5 Å². The Morgan fingerprint density at radius 2 is 1.90 bits per heavy atom. The van der Waals surface area contributed by atoms with Gasteiger partial charge in [0.25, 0.3) is 5.56 Å². The zero-order valence-electron chi connectivity index (χ0n) is 17.1. The fraction of sp³-hybridized carbons (Fsp3) is 0.350. The van der Waals surface area contributed by atoms with Gasteiger partial charge in [-0.3, -0.25) is 9.59 Å². The molecule has 0 fully saturated rings. The van der Waals surface area contributed by atoms with Crippen molar-refractivity contribution in [3.8, 4) is 6.07 Å². The van der Waals surface area contributed by atoms with Gasteiger partial charge in [-0.15, -0.1) is 0 Å². The van der Waals surface area contributed by atoms with Crippen LogP contribution in [0.4, 0.5) is 5.69 Å². The van der Waals surface area contributed by atoms with Crippen LogP contribution in [0.3, 0.4) is 0 Å². The zero-order valence-corrected chi connectivity index (χ0v) is 17.9. The average Bonchev–Trinajstić information content (AvgIpc) is 2.63. The van der Waals surface area contributed by atoms with Crippen molar-refractivity contribution < 1.29 is 13.2 Å². The van der Waals surface area contributed by atoms with Crippen molar-refractivity contribution >= 4 is 21.6 Å². The summed E-state index contributed by atoms with van der Waals surface area (Å²) in [7, 11) is -0.728. The smallest absolute Gasteiger partial charge is 0.266 e. The minimum Gasteiger partial charge on any atom is -0.326 e. The maximum Gasteiger partial charge on any atom is 0.266 e. The third kappa shape index (κ3) is 4.72. The highest BCUT2D eigenvalue weighted by atomic mass is 32.2. The van der Waals surface area contributed by atoms with Crippen molar-refractivity contribution in [3.05, 3.63) is 56.5 Å². The Balaban J connectivity index is 2.21. The van der Waals surface area contributed by atoms with Gasteiger partial charge < -0.3 is 10.3 Å². The summed E-state index contributed by atoms with van der Waals surface area (Å²) in [6, 6.07) is 6.46. The highest BCUT2D eigenvalue weighted by Crippen LogP contribution is 2.22. The van der Waals surface area contributed by atoms with Gasteiger partial charge in [0.15, 0.2) is 0 Å². The Kier molecular flexibility index (Phi) is 6.62. The molecule has 9 heteroatoms. The first kappa shape index (κ1) is 22.3. The number of benzene rings is 1. The molecule has 29 heavy (non-hydrogen) atoms. The number of H-pyrrole nitrogens is 1. The van der Waals surface area contributed by atoms with Crippen molar-refractivity contribution in [2.24, 2.45) is 0 Å². The van der Waals surface area contributed by atoms with Crippen LogP contribution in [0.15, 0.2) is 27.9 Å². The van der Waals surface area contributed by atoms with E-state index in [0.29, 0.717) is 23.4 Å². The minimum atomic E-state index is -3.61. The van der Waals surface area contributed by atoms with Gasteiger partial charge in [-0.2, -0.15) is 5.26 Å². The third-order valence-electron chi connectivity index (χ3n) is 4.78. The monoisotopic (exact) mass is 416 g/mol. The summed E-state index contributed by atoms with van der Waals surface area (Å²) >= 11 is 0. The van der Waals surface area contributed by atoms with Gasteiger partial charge in [-0.25, -0.2) is 12.7 Å². The second-order valence-electron chi connectivity index (χ2n) is 6.98. The van der Waals surface area contributed by atoms with Crippen LogP contribution in [0.1, 0.15) is 34.4 Å². The second kappa shape index (κ2) is 8.59. The van der Waals surface area contributed by atoms with E-state index in [2.05, 4.69) is 10.3 Å². The Hall–Kier alpha value is -2.96. The molecule has 0 saturated heterocycles. The summed E-state index contributed by atoms with van der Waals surface area (Å²) in [5, 5.41) is 11.9. The largest absolute Gasteiger partial charge is 0.326 e. The Labute approximate surface area is 170 Å². The number of aromatic amines is 1. The third-order valence-corrected chi connectivity index (χ3v) is 6.60. The normalized spacial score (nSPS) is 11.3. The van der Waals surface area contributed by atoms with Crippen LogP contribution in [0, 0.1) is 32.1 Å². The number of rotatable bonds is 6. The number of anilines is 1. The number of sulfonamides is 1. The summed E-state index contributed by atoms with van der Waals surface area (Å²) in [6.07, 6.45) is 0.451. The molecule has 8 nitrogen and oxygen atoms in total. The predicted octanol–water partition coefficient (Wildman–Crippen LogP) is 1.99. The van der Waals surface area contributed by atoms with Crippen LogP contribution in [-0.2, 0) is 21.2 Å². The molecule has 2 rings (SSSR count). The minimum absolute atomic E-state index is 0.0449. The van der Waals surface area contributed by atoms with Gasteiger partial charge in [0.05, 0.1) is 4.90 Å². The molecular weight excluding hydrogens is 392 g/mol. The molecule has 0 unspecified atom stereocenters. The molecule has 2 aromatic rings. The molecule has 1 aromatic carbocycles. The van der Waals surface area contributed by atoms with Crippen LogP contribution in [0.5, 0.6) is 0 Å². The molecule has 0 atom stereocenters. The summed E-state index contributed by atoms with van der Waals surface area (Å²) in [6.45, 7) is 5.19. The lowest BCUT2D eigenvalue weighted by molar-refractivity contribution is -0.116. The molecule has 0 saturated carbocycles. The standard InChI is InChI=1S/C20H24N4O4S/c1-12-6-7-15(29(27,28)24(4)5)10-18(12)23-19(25)9-8-16-13(2)17(11-21)20(26)22-14(16)3/h6-7,10H,8-9H2,1-5H3,(H,22,26)(H,23,25). The van der Waals surface area contributed by atoms with Gasteiger partial charge in [0, 0.05) is 31.9 Å². The maximum absolute atomic E-state index is 12.5.